The number of rotatable bonds is 6. The van der Waals surface area contributed by atoms with E-state index in [1.165, 1.54) is 28.6 Å². The summed E-state index contributed by atoms with van der Waals surface area (Å²) in [6.07, 6.45) is 3.51. The van der Waals surface area contributed by atoms with E-state index in [1.54, 1.807) is 10.7 Å². The van der Waals surface area contributed by atoms with Gasteiger partial charge in [0.2, 0.25) is 10.0 Å². The largest absolute Gasteiger partial charge is 0.401 e. The first-order chi connectivity index (χ1) is 15.2. The number of carbonyl (C=O) groups excluding carboxylic acids is 1. The van der Waals surface area contributed by atoms with Gasteiger partial charge in [-0.1, -0.05) is 12.0 Å². The van der Waals surface area contributed by atoms with Crippen LogP contribution in [0.2, 0.25) is 0 Å². The van der Waals surface area contributed by atoms with Crippen LogP contribution in [-0.4, -0.2) is 51.7 Å². The van der Waals surface area contributed by atoms with Gasteiger partial charge in [0.25, 0.3) is 11.8 Å². The topological polar surface area (TPSA) is 123 Å². The third-order valence-electron chi connectivity index (χ3n) is 5.50. The maximum absolute atomic E-state index is 12.8. The zero-order chi connectivity index (χ0) is 22.9. The standard InChI is InChI=1S/C21H26N6O4S/c1-14(2)27-13-10-18(25-27)20-23-24-21(31-20)22-19(28)16-4-6-17(7-5-16)32(29,30)26-11-8-15(3)9-12-26/h4-7,10,13-15H,8-9,11-12H2,1-3H3,(H,22,24,28). The van der Waals surface area contributed by atoms with Gasteiger partial charge in [-0.2, -0.15) is 9.40 Å². The van der Waals surface area contributed by atoms with Crippen LogP contribution in [0.25, 0.3) is 11.6 Å². The molecule has 1 aromatic carbocycles. The number of hydrogen-bond donors (Lipinski definition) is 1. The van der Waals surface area contributed by atoms with Gasteiger partial charge >= 0.3 is 6.01 Å². The predicted molar refractivity (Wildman–Crippen MR) is 117 cm³/mol. The number of aromatic nitrogens is 4. The minimum Gasteiger partial charge on any atom is -0.401 e. The maximum Gasteiger partial charge on any atom is 0.322 e. The molecule has 3 aromatic rings. The Morgan fingerprint density at radius 2 is 1.81 bits per heavy atom. The molecule has 1 N–H and O–H groups in total. The highest BCUT2D eigenvalue weighted by atomic mass is 32.2. The van der Waals surface area contributed by atoms with E-state index < -0.39 is 15.9 Å². The molecule has 1 amide bonds. The number of hydrogen-bond acceptors (Lipinski definition) is 7. The van der Waals surface area contributed by atoms with E-state index in [0.29, 0.717) is 24.7 Å². The molecule has 3 heterocycles. The molecule has 0 aliphatic carbocycles. The first-order valence-corrected chi connectivity index (χ1v) is 12.0. The third kappa shape index (κ3) is 4.58. The van der Waals surface area contributed by atoms with Crippen molar-refractivity contribution in [3.05, 3.63) is 42.1 Å². The molecule has 1 saturated heterocycles. The van der Waals surface area contributed by atoms with Crippen molar-refractivity contribution in [2.24, 2.45) is 5.92 Å². The zero-order valence-electron chi connectivity index (χ0n) is 18.2. The van der Waals surface area contributed by atoms with Crippen LogP contribution in [0.15, 0.2) is 45.8 Å². The second kappa shape index (κ2) is 8.83. The van der Waals surface area contributed by atoms with Crippen LogP contribution >= 0.6 is 0 Å². The zero-order valence-corrected chi connectivity index (χ0v) is 19.0. The average molecular weight is 459 g/mol. The first-order valence-electron chi connectivity index (χ1n) is 10.5. The number of benzene rings is 1. The summed E-state index contributed by atoms with van der Waals surface area (Å²) in [7, 11) is -3.57. The highest BCUT2D eigenvalue weighted by molar-refractivity contribution is 7.89. The van der Waals surface area contributed by atoms with Crippen LogP contribution < -0.4 is 5.32 Å². The SMILES string of the molecule is CC1CCN(S(=O)(=O)c2ccc(C(=O)Nc3nnc(-c4ccn(C(C)C)n4)o3)cc2)CC1. The van der Waals surface area contributed by atoms with Gasteiger partial charge in [-0.15, -0.1) is 5.10 Å². The lowest BCUT2D eigenvalue weighted by Crippen LogP contribution is -2.37. The molecule has 1 aliphatic heterocycles. The lowest BCUT2D eigenvalue weighted by atomic mass is 10.0. The van der Waals surface area contributed by atoms with Gasteiger partial charge in [-0.25, -0.2) is 8.42 Å². The van der Waals surface area contributed by atoms with E-state index in [4.69, 9.17) is 4.42 Å². The van der Waals surface area contributed by atoms with E-state index in [0.717, 1.165) is 12.8 Å². The lowest BCUT2D eigenvalue weighted by Gasteiger charge is -2.29. The van der Waals surface area contributed by atoms with Gasteiger partial charge < -0.3 is 4.42 Å². The monoisotopic (exact) mass is 458 g/mol. The molecular weight excluding hydrogens is 432 g/mol. The van der Waals surface area contributed by atoms with E-state index in [-0.39, 0.29) is 28.4 Å². The Balaban J connectivity index is 1.42. The molecule has 2 aromatic heterocycles. The average Bonchev–Trinajstić information content (AvgIpc) is 3.44. The van der Waals surface area contributed by atoms with Crippen LogP contribution in [0.3, 0.4) is 0 Å². The number of nitrogens with one attached hydrogen (secondary N) is 1. The van der Waals surface area contributed by atoms with Gasteiger partial charge in [0.05, 0.1) is 4.90 Å². The van der Waals surface area contributed by atoms with Crippen LogP contribution in [-0.2, 0) is 10.0 Å². The molecule has 0 unspecified atom stereocenters. The molecule has 1 fully saturated rings. The van der Waals surface area contributed by atoms with Crippen molar-refractivity contribution >= 4 is 21.9 Å². The van der Waals surface area contributed by atoms with Crippen molar-refractivity contribution in [3.8, 4) is 11.6 Å². The fourth-order valence-electron chi connectivity index (χ4n) is 3.44. The summed E-state index contributed by atoms with van der Waals surface area (Å²) in [6, 6.07) is 7.70. The third-order valence-corrected chi connectivity index (χ3v) is 7.41. The molecule has 0 radical (unpaired) electrons. The smallest absolute Gasteiger partial charge is 0.322 e. The molecule has 0 saturated carbocycles. The van der Waals surface area contributed by atoms with Crippen molar-refractivity contribution in [2.45, 2.75) is 44.6 Å². The van der Waals surface area contributed by atoms with Crippen molar-refractivity contribution in [2.75, 3.05) is 18.4 Å². The summed E-state index contributed by atoms with van der Waals surface area (Å²) < 4.78 is 34.4. The molecule has 1 aliphatic rings. The fraction of sp³-hybridized carbons (Fsp3) is 0.429. The van der Waals surface area contributed by atoms with Crippen LogP contribution in [0.4, 0.5) is 6.01 Å². The molecule has 0 spiro atoms. The molecule has 0 atom stereocenters. The lowest BCUT2D eigenvalue weighted by molar-refractivity contribution is 0.102. The minimum atomic E-state index is -3.57. The van der Waals surface area contributed by atoms with Crippen molar-refractivity contribution < 1.29 is 17.6 Å². The van der Waals surface area contributed by atoms with Gasteiger partial charge in [-0.05, 0) is 62.9 Å². The quantitative estimate of drug-likeness (QED) is 0.602. The molecule has 10 nitrogen and oxygen atoms in total. The summed E-state index contributed by atoms with van der Waals surface area (Å²) >= 11 is 0. The fourth-order valence-corrected chi connectivity index (χ4v) is 4.91. The minimum absolute atomic E-state index is 0.0665. The molecule has 11 heteroatoms. The van der Waals surface area contributed by atoms with Gasteiger partial charge in [0.15, 0.2) is 0 Å². The number of nitrogens with zero attached hydrogens (tertiary/aromatic N) is 5. The summed E-state index contributed by atoms with van der Waals surface area (Å²) in [5.74, 6) is 0.240. The molecule has 32 heavy (non-hydrogen) atoms. The first kappa shape index (κ1) is 22.2. The van der Waals surface area contributed by atoms with Crippen molar-refractivity contribution in [1.82, 2.24) is 24.3 Å². The second-order valence-corrected chi connectivity index (χ2v) is 10.2. The highest BCUT2D eigenvalue weighted by Gasteiger charge is 2.28. The van der Waals surface area contributed by atoms with Crippen LogP contribution in [0, 0.1) is 5.92 Å². The Morgan fingerprint density at radius 3 is 2.44 bits per heavy atom. The molecule has 0 bridgehead atoms. The summed E-state index contributed by atoms with van der Waals surface area (Å²) in [4.78, 5) is 12.7. The van der Waals surface area contributed by atoms with Crippen molar-refractivity contribution in [3.63, 3.8) is 0 Å². The van der Waals surface area contributed by atoms with Gasteiger partial charge in [-0.3, -0.25) is 14.8 Å². The van der Waals surface area contributed by atoms with E-state index in [1.807, 2.05) is 20.0 Å². The van der Waals surface area contributed by atoms with E-state index in [2.05, 4.69) is 27.5 Å². The number of anilines is 1. The number of amides is 1. The maximum atomic E-state index is 12.8. The number of carbonyl (C=O) groups is 1. The van der Waals surface area contributed by atoms with Gasteiger partial charge in [0.1, 0.15) is 5.69 Å². The normalized spacial score (nSPS) is 15.9. The second-order valence-electron chi connectivity index (χ2n) is 8.25. The summed E-state index contributed by atoms with van der Waals surface area (Å²) in [5, 5.41) is 14.6. The van der Waals surface area contributed by atoms with Crippen molar-refractivity contribution in [1.29, 1.82) is 0 Å². The Morgan fingerprint density at radius 1 is 1.12 bits per heavy atom. The Kier molecular flexibility index (Phi) is 6.11. The highest BCUT2D eigenvalue weighted by Crippen LogP contribution is 2.24. The molecular formula is C21H26N6O4S. The van der Waals surface area contributed by atoms with Gasteiger partial charge in [0, 0.05) is 30.9 Å². The Bertz CT molecular complexity index is 1190. The number of piperidine rings is 1. The predicted octanol–water partition coefficient (Wildman–Crippen LogP) is 3.19. The van der Waals surface area contributed by atoms with E-state index in [9.17, 15) is 13.2 Å². The molecule has 4 rings (SSSR count). The Labute approximate surface area is 186 Å². The Hall–Kier alpha value is -3.05. The van der Waals surface area contributed by atoms with Crippen LogP contribution in [0.1, 0.15) is 50.0 Å². The number of sulfonamides is 1. The van der Waals surface area contributed by atoms with Crippen LogP contribution in [0.5, 0.6) is 0 Å². The summed E-state index contributed by atoms with van der Waals surface area (Å²) in [5.41, 5.74) is 0.786. The summed E-state index contributed by atoms with van der Waals surface area (Å²) in [6.45, 7) is 7.16. The molecule has 170 valence electrons. The van der Waals surface area contributed by atoms with E-state index >= 15 is 0 Å².